The predicted octanol–water partition coefficient (Wildman–Crippen LogP) is 2.11. The lowest BCUT2D eigenvalue weighted by molar-refractivity contribution is 0.414. The molecule has 24 heavy (non-hydrogen) atoms. The second-order valence-corrected chi connectivity index (χ2v) is 7.69. The van der Waals surface area contributed by atoms with E-state index in [0.717, 1.165) is 17.7 Å². The van der Waals surface area contributed by atoms with E-state index in [4.69, 9.17) is 16.3 Å². The Hall–Kier alpha value is -0.740. The summed E-state index contributed by atoms with van der Waals surface area (Å²) >= 11 is 6.20. The maximum absolute atomic E-state index is 11.1. The molecule has 0 heterocycles. The number of hydrogen-bond donors (Lipinski definition) is 2. The van der Waals surface area contributed by atoms with Crippen LogP contribution < -0.4 is 15.4 Å². The molecule has 0 aliphatic rings. The third-order valence-electron chi connectivity index (χ3n) is 3.02. The van der Waals surface area contributed by atoms with Gasteiger partial charge in [-0.05, 0) is 31.0 Å². The summed E-state index contributed by atoms with van der Waals surface area (Å²) in [5.74, 6) is 1.36. The summed E-state index contributed by atoms with van der Waals surface area (Å²) in [6.07, 6.45) is 1.92. The molecule has 0 aromatic heterocycles. The molecule has 0 saturated heterocycles. The van der Waals surface area contributed by atoms with E-state index in [1.54, 1.807) is 13.2 Å². The molecule has 1 aromatic carbocycles. The lowest BCUT2D eigenvalue weighted by Crippen LogP contribution is -2.38. The third kappa shape index (κ3) is 9.53. The minimum Gasteiger partial charge on any atom is -0.497 e. The summed E-state index contributed by atoms with van der Waals surface area (Å²) < 4.78 is 27.4. The highest BCUT2D eigenvalue weighted by Crippen LogP contribution is 2.22. The number of rotatable bonds is 8. The quantitative estimate of drug-likeness (QED) is 0.332. The van der Waals surface area contributed by atoms with Crippen molar-refractivity contribution in [3.05, 3.63) is 28.8 Å². The van der Waals surface area contributed by atoms with E-state index in [1.165, 1.54) is 6.26 Å². The highest BCUT2D eigenvalue weighted by Gasteiger charge is 2.04. The normalized spacial score (nSPS) is 11.6. The van der Waals surface area contributed by atoms with Crippen molar-refractivity contribution in [3.63, 3.8) is 0 Å². The first kappa shape index (κ1) is 23.3. The van der Waals surface area contributed by atoms with Crippen LogP contribution in [0.5, 0.6) is 5.75 Å². The number of ether oxygens (including phenoxy) is 1. The van der Waals surface area contributed by atoms with Crippen molar-refractivity contribution >= 4 is 51.4 Å². The van der Waals surface area contributed by atoms with Crippen molar-refractivity contribution in [1.82, 2.24) is 10.6 Å². The Balaban J connectivity index is 0.00000529. The number of guanidine groups is 1. The fraction of sp³-hybridized carbons (Fsp3) is 0.533. The van der Waals surface area contributed by atoms with Crippen molar-refractivity contribution < 1.29 is 13.2 Å². The highest BCUT2D eigenvalue weighted by molar-refractivity contribution is 14.0. The molecule has 0 atom stereocenters. The van der Waals surface area contributed by atoms with Gasteiger partial charge in [-0.25, -0.2) is 8.42 Å². The molecule has 0 radical (unpaired) electrons. The van der Waals surface area contributed by atoms with Crippen LogP contribution in [0.3, 0.4) is 0 Å². The van der Waals surface area contributed by atoms with E-state index >= 15 is 0 Å². The molecule has 0 amide bonds. The number of halogens is 2. The molecule has 0 fully saturated rings. The summed E-state index contributed by atoms with van der Waals surface area (Å²) in [5.41, 5.74) is 1.01. The number of nitrogens with one attached hydrogen (secondary N) is 2. The first-order valence-corrected chi connectivity index (χ1v) is 9.82. The first-order chi connectivity index (χ1) is 10.9. The van der Waals surface area contributed by atoms with Crippen molar-refractivity contribution in [1.29, 1.82) is 0 Å². The Bertz CT molecular complexity index is 639. The van der Waals surface area contributed by atoms with Gasteiger partial charge in [0.1, 0.15) is 15.6 Å². The Morgan fingerprint density at radius 2 is 2.04 bits per heavy atom. The largest absolute Gasteiger partial charge is 0.497 e. The van der Waals surface area contributed by atoms with E-state index in [9.17, 15) is 8.42 Å². The Kier molecular flexibility index (Phi) is 11.4. The smallest absolute Gasteiger partial charge is 0.191 e. The number of nitrogens with zero attached hydrogens (tertiary/aromatic N) is 1. The summed E-state index contributed by atoms with van der Waals surface area (Å²) in [7, 11) is -1.40. The van der Waals surface area contributed by atoms with E-state index in [0.29, 0.717) is 24.1 Å². The van der Waals surface area contributed by atoms with Crippen LogP contribution >= 0.6 is 35.6 Å². The van der Waals surface area contributed by atoms with Gasteiger partial charge < -0.3 is 15.4 Å². The second-order valence-electron chi connectivity index (χ2n) is 5.02. The van der Waals surface area contributed by atoms with Gasteiger partial charge in [-0.1, -0.05) is 17.7 Å². The molecule has 138 valence electrons. The van der Waals surface area contributed by atoms with Crippen LogP contribution in [0.25, 0.3) is 0 Å². The molecule has 6 nitrogen and oxygen atoms in total. The Labute approximate surface area is 166 Å². The van der Waals surface area contributed by atoms with Gasteiger partial charge in [-0.15, -0.1) is 24.0 Å². The number of aliphatic imine (C=N–C) groups is 1. The summed E-state index contributed by atoms with van der Waals surface area (Å²) in [4.78, 5) is 4.24. The molecule has 1 aromatic rings. The predicted molar refractivity (Wildman–Crippen MR) is 111 cm³/mol. The zero-order valence-corrected chi connectivity index (χ0v) is 18.0. The van der Waals surface area contributed by atoms with Gasteiger partial charge in [0.2, 0.25) is 0 Å². The zero-order valence-electron chi connectivity index (χ0n) is 14.1. The van der Waals surface area contributed by atoms with Crippen molar-refractivity contribution in [2.24, 2.45) is 4.99 Å². The average molecular weight is 490 g/mol. The van der Waals surface area contributed by atoms with Crippen LogP contribution in [0.4, 0.5) is 0 Å². The van der Waals surface area contributed by atoms with Crippen molar-refractivity contribution in [3.8, 4) is 5.75 Å². The summed E-state index contributed by atoms with van der Waals surface area (Å²) in [6.45, 7) is 3.52. The fourth-order valence-electron chi connectivity index (χ4n) is 1.84. The molecule has 0 saturated carbocycles. The van der Waals surface area contributed by atoms with Gasteiger partial charge in [0, 0.05) is 24.4 Å². The minimum atomic E-state index is -3.00. The SMILES string of the molecule is CCNC(=NCCS(C)(=O)=O)NCCc1ccc(OC)cc1Cl.I. The Morgan fingerprint density at radius 3 is 2.58 bits per heavy atom. The molecule has 0 bridgehead atoms. The zero-order chi connectivity index (χ0) is 17.3. The number of methoxy groups -OCH3 is 1. The maximum atomic E-state index is 11.1. The van der Waals surface area contributed by atoms with E-state index < -0.39 is 9.84 Å². The van der Waals surface area contributed by atoms with Gasteiger partial charge in [0.05, 0.1) is 19.4 Å². The average Bonchev–Trinajstić information content (AvgIpc) is 2.47. The lowest BCUT2D eigenvalue weighted by Gasteiger charge is -2.12. The number of sulfone groups is 1. The van der Waals surface area contributed by atoms with Gasteiger partial charge >= 0.3 is 0 Å². The molecular weight excluding hydrogens is 465 g/mol. The maximum Gasteiger partial charge on any atom is 0.191 e. The van der Waals surface area contributed by atoms with Crippen LogP contribution in [0, 0.1) is 0 Å². The van der Waals surface area contributed by atoms with Crippen LogP contribution in [0.15, 0.2) is 23.2 Å². The minimum absolute atomic E-state index is 0. The summed E-state index contributed by atoms with van der Waals surface area (Å²) in [6, 6.07) is 5.57. The molecule has 0 aliphatic carbocycles. The van der Waals surface area contributed by atoms with Gasteiger partial charge in [-0.2, -0.15) is 0 Å². The Morgan fingerprint density at radius 1 is 1.33 bits per heavy atom. The molecule has 2 N–H and O–H groups in total. The van der Waals surface area contributed by atoms with Gasteiger partial charge in [0.25, 0.3) is 0 Å². The molecule has 9 heteroatoms. The monoisotopic (exact) mass is 489 g/mol. The highest BCUT2D eigenvalue weighted by atomic mass is 127. The van der Waals surface area contributed by atoms with Gasteiger partial charge in [0.15, 0.2) is 5.96 Å². The lowest BCUT2D eigenvalue weighted by atomic mass is 10.1. The standard InChI is InChI=1S/C15H24ClN3O3S.HI/c1-4-17-15(19-9-10-23(3,20)21)18-8-7-12-5-6-13(22-2)11-14(12)16;/h5-6,11H,4,7-10H2,1-3H3,(H2,17,18,19);1H. The van der Waals surface area contributed by atoms with E-state index in [1.807, 2.05) is 19.1 Å². The molecule has 1 rings (SSSR count). The number of benzene rings is 1. The molecular formula is C15H25ClIN3O3S. The van der Waals surface area contributed by atoms with Gasteiger partial charge in [-0.3, -0.25) is 4.99 Å². The van der Waals surface area contributed by atoms with Crippen LogP contribution in [-0.4, -0.2) is 53.1 Å². The van der Waals surface area contributed by atoms with Crippen LogP contribution in [-0.2, 0) is 16.3 Å². The van der Waals surface area contributed by atoms with E-state index in [2.05, 4.69) is 15.6 Å². The third-order valence-corrected chi connectivity index (χ3v) is 4.30. The molecule has 0 unspecified atom stereocenters. The molecule has 0 spiro atoms. The van der Waals surface area contributed by atoms with Crippen LogP contribution in [0.2, 0.25) is 5.02 Å². The van der Waals surface area contributed by atoms with E-state index in [-0.39, 0.29) is 36.3 Å². The second kappa shape index (κ2) is 11.8. The first-order valence-electron chi connectivity index (χ1n) is 7.38. The number of hydrogen-bond acceptors (Lipinski definition) is 4. The van der Waals surface area contributed by atoms with Crippen molar-refractivity contribution in [2.45, 2.75) is 13.3 Å². The topological polar surface area (TPSA) is 79.8 Å². The summed E-state index contributed by atoms with van der Waals surface area (Å²) in [5, 5.41) is 6.90. The molecule has 0 aliphatic heterocycles. The van der Waals surface area contributed by atoms with Crippen LogP contribution in [0.1, 0.15) is 12.5 Å². The fourth-order valence-corrected chi connectivity index (χ4v) is 2.53. The van der Waals surface area contributed by atoms with Crippen molar-refractivity contribution in [2.75, 3.05) is 38.8 Å².